The Labute approximate surface area is 118 Å². The van der Waals surface area contributed by atoms with Gasteiger partial charge in [0.2, 0.25) is 0 Å². The van der Waals surface area contributed by atoms with E-state index in [9.17, 15) is 4.79 Å². The molecule has 19 heavy (non-hydrogen) atoms. The molecule has 1 aromatic carbocycles. The van der Waals surface area contributed by atoms with Crippen molar-refractivity contribution < 1.29 is 14.3 Å². The summed E-state index contributed by atoms with van der Waals surface area (Å²) in [6.07, 6.45) is 2.11. The van der Waals surface area contributed by atoms with Crippen molar-refractivity contribution in [3.8, 4) is 5.75 Å². The average molecular weight is 280 g/mol. The fourth-order valence-corrected chi connectivity index (χ4v) is 3.10. The zero-order chi connectivity index (χ0) is 13.5. The number of hydrogen-bond donors (Lipinski definition) is 0. The standard InChI is InChI=1S/C15H20O3S/c1-2-18-13-5-3-12(4-6-13)15(16)11-19-14-7-9-17-10-8-14/h3-6,14H,2,7-11H2,1H3. The van der Waals surface area contributed by atoms with Gasteiger partial charge in [0.25, 0.3) is 0 Å². The Hall–Kier alpha value is -1.00. The number of hydrogen-bond acceptors (Lipinski definition) is 4. The van der Waals surface area contributed by atoms with Gasteiger partial charge in [-0.2, -0.15) is 11.8 Å². The molecule has 0 saturated carbocycles. The average Bonchev–Trinajstić information content (AvgIpc) is 2.47. The van der Waals surface area contributed by atoms with E-state index in [-0.39, 0.29) is 5.78 Å². The van der Waals surface area contributed by atoms with Crippen LogP contribution in [0.15, 0.2) is 24.3 Å². The molecule has 104 valence electrons. The van der Waals surface area contributed by atoms with Crippen molar-refractivity contribution >= 4 is 17.5 Å². The number of thioether (sulfide) groups is 1. The minimum absolute atomic E-state index is 0.194. The number of ether oxygens (including phenoxy) is 2. The maximum absolute atomic E-state index is 12.1. The van der Waals surface area contributed by atoms with Gasteiger partial charge in [0.1, 0.15) is 5.75 Å². The molecule has 0 amide bonds. The first-order valence-electron chi connectivity index (χ1n) is 6.75. The van der Waals surface area contributed by atoms with E-state index in [0.717, 1.165) is 37.4 Å². The Kier molecular flexibility index (Phi) is 5.73. The summed E-state index contributed by atoms with van der Waals surface area (Å²) >= 11 is 1.75. The first kappa shape index (κ1) is 14.4. The lowest BCUT2D eigenvalue weighted by molar-refractivity contribution is 0.0988. The maximum atomic E-state index is 12.1. The van der Waals surface area contributed by atoms with Gasteiger partial charge < -0.3 is 9.47 Å². The third-order valence-corrected chi connectivity index (χ3v) is 4.48. The molecule has 0 unspecified atom stereocenters. The molecule has 1 saturated heterocycles. The molecule has 0 N–H and O–H groups in total. The lowest BCUT2D eigenvalue weighted by Gasteiger charge is -2.21. The molecule has 0 aliphatic carbocycles. The number of ketones is 1. The van der Waals surface area contributed by atoms with E-state index in [2.05, 4.69) is 0 Å². The van der Waals surface area contributed by atoms with Crippen LogP contribution in [0.1, 0.15) is 30.1 Å². The van der Waals surface area contributed by atoms with Gasteiger partial charge in [-0.05, 0) is 44.0 Å². The summed E-state index contributed by atoms with van der Waals surface area (Å²) < 4.78 is 10.7. The minimum atomic E-state index is 0.194. The van der Waals surface area contributed by atoms with Crippen LogP contribution in [-0.4, -0.2) is 36.6 Å². The highest BCUT2D eigenvalue weighted by Gasteiger charge is 2.16. The van der Waals surface area contributed by atoms with E-state index in [1.807, 2.05) is 31.2 Å². The summed E-state index contributed by atoms with van der Waals surface area (Å²) in [5, 5.41) is 0.570. The fraction of sp³-hybridized carbons (Fsp3) is 0.533. The number of carbonyl (C=O) groups is 1. The van der Waals surface area contributed by atoms with Crippen molar-refractivity contribution in [3.63, 3.8) is 0 Å². The normalized spacial score (nSPS) is 16.3. The SMILES string of the molecule is CCOc1ccc(C(=O)CSC2CCOCC2)cc1. The molecule has 0 atom stereocenters. The summed E-state index contributed by atoms with van der Waals surface area (Å²) in [5.41, 5.74) is 0.767. The Morgan fingerprint density at radius 3 is 2.63 bits per heavy atom. The van der Waals surface area contributed by atoms with Crippen LogP contribution in [-0.2, 0) is 4.74 Å². The van der Waals surface area contributed by atoms with Crippen molar-refractivity contribution in [1.29, 1.82) is 0 Å². The summed E-state index contributed by atoms with van der Waals surface area (Å²) in [6.45, 7) is 4.25. The Bertz CT molecular complexity index is 396. The Morgan fingerprint density at radius 2 is 2.00 bits per heavy atom. The van der Waals surface area contributed by atoms with E-state index < -0.39 is 0 Å². The number of benzene rings is 1. The molecular weight excluding hydrogens is 260 g/mol. The van der Waals surface area contributed by atoms with E-state index >= 15 is 0 Å². The summed E-state index contributed by atoms with van der Waals surface area (Å²) in [6, 6.07) is 7.40. The summed E-state index contributed by atoms with van der Waals surface area (Å²) in [4.78, 5) is 12.1. The van der Waals surface area contributed by atoms with Crippen LogP contribution in [0.2, 0.25) is 0 Å². The number of rotatable bonds is 6. The summed E-state index contributed by atoms with van der Waals surface area (Å²) in [7, 11) is 0. The molecule has 4 heteroatoms. The number of carbonyl (C=O) groups excluding carboxylic acids is 1. The lowest BCUT2D eigenvalue weighted by Crippen LogP contribution is -2.19. The molecule has 0 bridgehead atoms. The molecule has 1 heterocycles. The second-order valence-electron chi connectivity index (χ2n) is 4.50. The maximum Gasteiger partial charge on any atom is 0.172 e. The van der Waals surface area contributed by atoms with Crippen molar-refractivity contribution in [2.45, 2.75) is 25.0 Å². The molecular formula is C15H20O3S. The molecule has 1 aliphatic heterocycles. The van der Waals surface area contributed by atoms with Crippen LogP contribution in [0.3, 0.4) is 0 Å². The van der Waals surface area contributed by atoms with Crippen LogP contribution >= 0.6 is 11.8 Å². The van der Waals surface area contributed by atoms with E-state index in [4.69, 9.17) is 9.47 Å². The van der Waals surface area contributed by atoms with Crippen LogP contribution < -0.4 is 4.74 Å². The van der Waals surface area contributed by atoms with Gasteiger partial charge in [-0.1, -0.05) is 0 Å². The van der Waals surface area contributed by atoms with Gasteiger partial charge in [0.05, 0.1) is 12.4 Å². The second kappa shape index (κ2) is 7.56. The van der Waals surface area contributed by atoms with Crippen molar-refractivity contribution in [1.82, 2.24) is 0 Å². The first-order valence-corrected chi connectivity index (χ1v) is 7.80. The zero-order valence-corrected chi connectivity index (χ0v) is 12.1. The third kappa shape index (κ3) is 4.55. The summed E-state index contributed by atoms with van der Waals surface area (Å²) in [5.74, 6) is 1.56. The molecule has 1 aromatic rings. The molecule has 2 rings (SSSR count). The quantitative estimate of drug-likeness (QED) is 0.750. The first-order chi connectivity index (χ1) is 9.29. The third-order valence-electron chi connectivity index (χ3n) is 3.11. The largest absolute Gasteiger partial charge is 0.494 e. The van der Waals surface area contributed by atoms with Gasteiger partial charge in [-0.3, -0.25) is 4.79 Å². The van der Waals surface area contributed by atoms with Crippen LogP contribution in [0.25, 0.3) is 0 Å². The Balaban J connectivity index is 1.81. The van der Waals surface area contributed by atoms with E-state index in [1.165, 1.54) is 0 Å². The molecule has 0 radical (unpaired) electrons. The highest BCUT2D eigenvalue weighted by atomic mass is 32.2. The monoisotopic (exact) mass is 280 g/mol. The van der Waals surface area contributed by atoms with Crippen LogP contribution in [0.4, 0.5) is 0 Å². The topological polar surface area (TPSA) is 35.5 Å². The molecule has 0 spiro atoms. The van der Waals surface area contributed by atoms with Crippen LogP contribution in [0, 0.1) is 0 Å². The smallest absolute Gasteiger partial charge is 0.172 e. The highest BCUT2D eigenvalue weighted by Crippen LogP contribution is 2.23. The van der Waals surface area contributed by atoms with E-state index in [1.54, 1.807) is 11.8 Å². The molecule has 1 aliphatic rings. The van der Waals surface area contributed by atoms with Gasteiger partial charge in [0, 0.05) is 24.0 Å². The minimum Gasteiger partial charge on any atom is -0.494 e. The molecule has 3 nitrogen and oxygen atoms in total. The van der Waals surface area contributed by atoms with Gasteiger partial charge in [0.15, 0.2) is 5.78 Å². The lowest BCUT2D eigenvalue weighted by atomic mass is 10.1. The molecule has 0 aromatic heterocycles. The second-order valence-corrected chi connectivity index (χ2v) is 5.79. The Morgan fingerprint density at radius 1 is 1.32 bits per heavy atom. The van der Waals surface area contributed by atoms with Gasteiger partial charge in [-0.15, -0.1) is 0 Å². The predicted molar refractivity (Wildman–Crippen MR) is 78.2 cm³/mol. The van der Waals surface area contributed by atoms with E-state index in [0.29, 0.717) is 17.6 Å². The van der Waals surface area contributed by atoms with Crippen LogP contribution in [0.5, 0.6) is 5.75 Å². The predicted octanol–water partition coefficient (Wildman–Crippen LogP) is 3.18. The number of Topliss-reactive ketones (excluding diaryl/α,β-unsaturated/α-hetero) is 1. The van der Waals surface area contributed by atoms with Crippen molar-refractivity contribution in [3.05, 3.63) is 29.8 Å². The van der Waals surface area contributed by atoms with Crippen molar-refractivity contribution in [2.24, 2.45) is 0 Å². The molecule has 1 fully saturated rings. The van der Waals surface area contributed by atoms with Gasteiger partial charge >= 0.3 is 0 Å². The highest BCUT2D eigenvalue weighted by molar-refractivity contribution is 8.00. The zero-order valence-electron chi connectivity index (χ0n) is 11.3. The van der Waals surface area contributed by atoms with Crippen molar-refractivity contribution in [2.75, 3.05) is 25.6 Å². The fourth-order valence-electron chi connectivity index (χ4n) is 2.02. The van der Waals surface area contributed by atoms with Gasteiger partial charge in [-0.25, -0.2) is 0 Å².